The van der Waals surface area contributed by atoms with Gasteiger partial charge in [0.05, 0.1) is 18.8 Å². The Balaban J connectivity index is 2.93. The van der Waals surface area contributed by atoms with Crippen molar-refractivity contribution in [3.63, 3.8) is 0 Å². The van der Waals surface area contributed by atoms with Crippen LogP contribution in [-0.4, -0.2) is 35.9 Å². The van der Waals surface area contributed by atoms with Crippen LogP contribution in [0.5, 0.6) is 0 Å². The highest BCUT2D eigenvalue weighted by molar-refractivity contribution is 5.89. The van der Waals surface area contributed by atoms with Gasteiger partial charge in [-0.1, -0.05) is 6.07 Å². The lowest BCUT2D eigenvalue weighted by molar-refractivity contribution is 0.0148. The molecule has 1 aromatic rings. The maximum Gasteiger partial charge on any atom is 0.340 e. The van der Waals surface area contributed by atoms with E-state index in [-0.39, 0.29) is 24.1 Å². The normalized spacial score (nSPS) is 14.1. The first-order valence-corrected chi connectivity index (χ1v) is 5.45. The largest absolute Gasteiger partial charge is 0.465 e. The standard InChI is InChI=1S/C12H16FNO4/c1-18-12(17)8-3-2-7(6-9(8)13)11(16)10(15)4-5-14/h2-3,6,10-11,15-16H,4-5,14H2,1H3. The van der Waals surface area contributed by atoms with Crippen LogP contribution in [0.1, 0.15) is 28.4 Å². The lowest BCUT2D eigenvalue weighted by Gasteiger charge is -2.17. The Morgan fingerprint density at radius 3 is 2.67 bits per heavy atom. The molecule has 0 saturated carbocycles. The molecular weight excluding hydrogens is 241 g/mol. The molecule has 0 aliphatic heterocycles. The van der Waals surface area contributed by atoms with E-state index in [1.54, 1.807) is 0 Å². The van der Waals surface area contributed by atoms with E-state index in [0.717, 1.165) is 13.2 Å². The van der Waals surface area contributed by atoms with Crippen molar-refractivity contribution in [1.82, 2.24) is 0 Å². The van der Waals surface area contributed by atoms with Crippen molar-refractivity contribution in [2.75, 3.05) is 13.7 Å². The summed E-state index contributed by atoms with van der Waals surface area (Å²) >= 11 is 0. The minimum absolute atomic E-state index is 0.182. The molecular formula is C12H16FNO4. The van der Waals surface area contributed by atoms with Gasteiger partial charge in [0.2, 0.25) is 0 Å². The predicted octanol–water partition coefficient (Wildman–Crippen LogP) is 0.355. The Morgan fingerprint density at radius 1 is 1.50 bits per heavy atom. The molecule has 2 unspecified atom stereocenters. The van der Waals surface area contributed by atoms with E-state index in [1.165, 1.54) is 12.1 Å². The van der Waals surface area contributed by atoms with Crippen LogP contribution >= 0.6 is 0 Å². The van der Waals surface area contributed by atoms with Crippen LogP contribution in [0.25, 0.3) is 0 Å². The SMILES string of the molecule is COC(=O)c1ccc(C(O)C(O)CCN)cc1F. The predicted molar refractivity (Wildman–Crippen MR) is 62.4 cm³/mol. The molecule has 0 amide bonds. The van der Waals surface area contributed by atoms with Crippen LogP contribution < -0.4 is 5.73 Å². The molecule has 18 heavy (non-hydrogen) atoms. The fourth-order valence-corrected chi connectivity index (χ4v) is 1.54. The molecule has 0 fully saturated rings. The number of esters is 1. The molecule has 1 aromatic carbocycles. The fourth-order valence-electron chi connectivity index (χ4n) is 1.54. The molecule has 100 valence electrons. The molecule has 1 rings (SSSR count). The number of methoxy groups -OCH3 is 1. The van der Waals surface area contributed by atoms with E-state index in [0.29, 0.717) is 0 Å². The third kappa shape index (κ3) is 3.25. The Labute approximate surface area is 104 Å². The van der Waals surface area contributed by atoms with Crippen LogP contribution in [0, 0.1) is 5.82 Å². The van der Waals surface area contributed by atoms with Gasteiger partial charge in [0.25, 0.3) is 0 Å². The highest BCUT2D eigenvalue weighted by atomic mass is 19.1. The minimum Gasteiger partial charge on any atom is -0.465 e. The summed E-state index contributed by atoms with van der Waals surface area (Å²) in [6.45, 7) is 0.209. The van der Waals surface area contributed by atoms with Crippen LogP contribution in [0.4, 0.5) is 4.39 Å². The monoisotopic (exact) mass is 257 g/mol. The molecule has 0 aliphatic rings. The number of aliphatic hydroxyl groups excluding tert-OH is 2. The van der Waals surface area contributed by atoms with Gasteiger partial charge in [-0.2, -0.15) is 0 Å². The van der Waals surface area contributed by atoms with Crippen molar-refractivity contribution in [1.29, 1.82) is 0 Å². The average molecular weight is 257 g/mol. The van der Waals surface area contributed by atoms with Crippen molar-refractivity contribution in [3.05, 3.63) is 35.1 Å². The first-order chi connectivity index (χ1) is 8.51. The highest BCUT2D eigenvalue weighted by Crippen LogP contribution is 2.21. The maximum absolute atomic E-state index is 13.6. The van der Waals surface area contributed by atoms with Gasteiger partial charge in [-0.05, 0) is 30.7 Å². The summed E-state index contributed by atoms with van der Waals surface area (Å²) in [5, 5.41) is 19.3. The van der Waals surface area contributed by atoms with Gasteiger partial charge >= 0.3 is 5.97 Å². The molecule has 0 aliphatic carbocycles. The topological polar surface area (TPSA) is 92.8 Å². The molecule has 0 spiro atoms. The zero-order valence-corrected chi connectivity index (χ0v) is 9.97. The van der Waals surface area contributed by atoms with E-state index in [1.807, 2.05) is 0 Å². The molecule has 2 atom stereocenters. The lowest BCUT2D eigenvalue weighted by atomic mass is 10.0. The number of benzene rings is 1. The third-order valence-corrected chi connectivity index (χ3v) is 2.57. The number of hydrogen-bond donors (Lipinski definition) is 3. The van der Waals surface area contributed by atoms with E-state index < -0.39 is 24.0 Å². The molecule has 6 heteroatoms. The van der Waals surface area contributed by atoms with E-state index >= 15 is 0 Å². The number of carbonyl (C=O) groups excluding carboxylic acids is 1. The number of nitrogens with two attached hydrogens (primary N) is 1. The van der Waals surface area contributed by atoms with Crippen molar-refractivity contribution >= 4 is 5.97 Å². The molecule has 0 heterocycles. The Morgan fingerprint density at radius 2 is 2.17 bits per heavy atom. The smallest absolute Gasteiger partial charge is 0.340 e. The second-order valence-corrected chi connectivity index (χ2v) is 3.82. The molecule has 0 aromatic heterocycles. The van der Waals surface area contributed by atoms with Gasteiger partial charge in [0, 0.05) is 0 Å². The first-order valence-electron chi connectivity index (χ1n) is 5.45. The summed E-state index contributed by atoms with van der Waals surface area (Å²) in [6.07, 6.45) is -2.12. The van der Waals surface area contributed by atoms with Crippen molar-refractivity contribution in [2.45, 2.75) is 18.6 Å². The zero-order valence-electron chi connectivity index (χ0n) is 9.97. The number of hydrogen-bond acceptors (Lipinski definition) is 5. The van der Waals surface area contributed by atoms with Crippen LogP contribution in [0.3, 0.4) is 0 Å². The van der Waals surface area contributed by atoms with E-state index in [4.69, 9.17) is 5.73 Å². The Bertz CT molecular complexity index is 425. The molecule has 0 saturated heterocycles. The number of carbonyl (C=O) groups is 1. The average Bonchev–Trinajstić information content (AvgIpc) is 2.37. The van der Waals surface area contributed by atoms with Gasteiger partial charge in [-0.25, -0.2) is 9.18 Å². The number of halogens is 1. The fraction of sp³-hybridized carbons (Fsp3) is 0.417. The summed E-state index contributed by atoms with van der Waals surface area (Å²) in [5.74, 6) is -1.60. The van der Waals surface area contributed by atoms with Gasteiger partial charge < -0.3 is 20.7 Å². The number of ether oxygens (including phenoxy) is 1. The van der Waals surface area contributed by atoms with Crippen LogP contribution in [0.15, 0.2) is 18.2 Å². The summed E-state index contributed by atoms with van der Waals surface area (Å²) < 4.78 is 18.0. The highest BCUT2D eigenvalue weighted by Gasteiger charge is 2.20. The lowest BCUT2D eigenvalue weighted by Crippen LogP contribution is -2.22. The molecule has 5 nitrogen and oxygen atoms in total. The summed E-state index contributed by atoms with van der Waals surface area (Å²) in [5.41, 5.74) is 5.21. The first kappa shape index (κ1) is 14.6. The Hall–Kier alpha value is -1.50. The summed E-state index contributed by atoms with van der Waals surface area (Å²) in [6, 6.07) is 3.56. The van der Waals surface area contributed by atoms with Crippen molar-refractivity contribution in [3.8, 4) is 0 Å². The summed E-state index contributed by atoms with van der Waals surface area (Å²) in [4.78, 5) is 11.2. The van der Waals surface area contributed by atoms with Gasteiger partial charge in [-0.15, -0.1) is 0 Å². The summed E-state index contributed by atoms with van der Waals surface area (Å²) in [7, 11) is 1.15. The molecule has 0 bridgehead atoms. The van der Waals surface area contributed by atoms with Crippen LogP contribution in [0.2, 0.25) is 0 Å². The second-order valence-electron chi connectivity index (χ2n) is 3.82. The van der Waals surface area contributed by atoms with Crippen molar-refractivity contribution in [2.24, 2.45) is 5.73 Å². The minimum atomic E-state index is -1.24. The van der Waals surface area contributed by atoms with Crippen LogP contribution in [-0.2, 0) is 4.74 Å². The van der Waals surface area contributed by atoms with Gasteiger partial charge in [-0.3, -0.25) is 0 Å². The maximum atomic E-state index is 13.6. The number of aliphatic hydroxyl groups is 2. The zero-order chi connectivity index (χ0) is 13.7. The van der Waals surface area contributed by atoms with Crippen molar-refractivity contribution < 1.29 is 24.1 Å². The quantitative estimate of drug-likeness (QED) is 0.662. The second kappa shape index (κ2) is 6.44. The van der Waals surface area contributed by atoms with Gasteiger partial charge in [0.15, 0.2) is 0 Å². The Kier molecular flexibility index (Phi) is 5.21. The van der Waals surface area contributed by atoms with E-state index in [9.17, 15) is 19.4 Å². The number of rotatable bonds is 5. The molecule has 4 N–H and O–H groups in total. The molecule has 0 radical (unpaired) electrons. The van der Waals surface area contributed by atoms with Gasteiger partial charge in [0.1, 0.15) is 11.9 Å². The third-order valence-electron chi connectivity index (χ3n) is 2.57. The van der Waals surface area contributed by atoms with E-state index in [2.05, 4.69) is 4.74 Å².